The fourth-order valence-corrected chi connectivity index (χ4v) is 3.26. The lowest BCUT2D eigenvalue weighted by Gasteiger charge is -2.12. The SMILES string of the molecule is Cc1cccc(C)c1-n1c2ccccc2c2c1ncn2C. The second-order valence-corrected chi connectivity index (χ2v) is 5.62. The molecule has 0 fully saturated rings. The molecule has 0 N–H and O–H groups in total. The van der Waals surface area contributed by atoms with Crippen LogP contribution in [0.5, 0.6) is 0 Å². The summed E-state index contributed by atoms with van der Waals surface area (Å²) in [7, 11) is 2.05. The van der Waals surface area contributed by atoms with Gasteiger partial charge in [0.1, 0.15) is 0 Å². The molecule has 2 heterocycles. The Morgan fingerprint density at radius 1 is 0.905 bits per heavy atom. The Balaban J connectivity index is 2.26. The van der Waals surface area contributed by atoms with Crippen LogP contribution in [-0.4, -0.2) is 14.1 Å². The van der Waals surface area contributed by atoms with E-state index in [0.717, 1.165) is 5.65 Å². The van der Waals surface area contributed by atoms with Gasteiger partial charge in [-0.25, -0.2) is 4.98 Å². The molecule has 4 aromatic rings. The quantitative estimate of drug-likeness (QED) is 0.512. The number of hydrogen-bond donors (Lipinski definition) is 0. The van der Waals surface area contributed by atoms with Crippen molar-refractivity contribution < 1.29 is 0 Å². The number of para-hydroxylation sites is 2. The van der Waals surface area contributed by atoms with Crippen LogP contribution in [0.4, 0.5) is 0 Å². The second kappa shape index (κ2) is 4.22. The summed E-state index contributed by atoms with van der Waals surface area (Å²) in [6.07, 6.45) is 1.89. The number of fused-ring (bicyclic) bond motifs is 3. The number of aromatic nitrogens is 3. The molecule has 0 spiro atoms. The monoisotopic (exact) mass is 275 g/mol. The molecule has 0 unspecified atom stereocenters. The van der Waals surface area contributed by atoms with E-state index < -0.39 is 0 Å². The van der Waals surface area contributed by atoms with Gasteiger partial charge >= 0.3 is 0 Å². The molecule has 4 rings (SSSR count). The minimum atomic E-state index is 1.02. The molecule has 0 aliphatic rings. The third kappa shape index (κ3) is 1.57. The third-order valence-electron chi connectivity index (χ3n) is 4.19. The Morgan fingerprint density at radius 2 is 1.62 bits per heavy atom. The molecule has 0 saturated carbocycles. The summed E-state index contributed by atoms with van der Waals surface area (Å²) in [4.78, 5) is 4.64. The maximum atomic E-state index is 4.64. The van der Waals surface area contributed by atoms with Gasteiger partial charge in [-0.05, 0) is 31.0 Å². The summed E-state index contributed by atoms with van der Waals surface area (Å²) in [5.74, 6) is 0. The zero-order chi connectivity index (χ0) is 14.6. The van der Waals surface area contributed by atoms with Crippen LogP contribution in [0.1, 0.15) is 11.1 Å². The van der Waals surface area contributed by atoms with Gasteiger partial charge in [0.05, 0.1) is 23.0 Å². The van der Waals surface area contributed by atoms with Crippen molar-refractivity contribution in [3.63, 3.8) is 0 Å². The summed E-state index contributed by atoms with van der Waals surface area (Å²) < 4.78 is 4.39. The maximum absolute atomic E-state index is 4.64. The van der Waals surface area contributed by atoms with Gasteiger partial charge < -0.3 is 4.57 Å². The summed E-state index contributed by atoms with van der Waals surface area (Å²) in [5, 5.41) is 1.25. The highest BCUT2D eigenvalue weighted by Gasteiger charge is 2.17. The van der Waals surface area contributed by atoms with Crippen molar-refractivity contribution >= 4 is 22.1 Å². The summed E-state index contributed by atoms with van der Waals surface area (Å²) in [6.45, 7) is 4.32. The van der Waals surface area contributed by atoms with E-state index in [4.69, 9.17) is 0 Å². The fourth-order valence-electron chi connectivity index (χ4n) is 3.26. The van der Waals surface area contributed by atoms with Gasteiger partial charge in [-0.15, -0.1) is 0 Å². The van der Waals surface area contributed by atoms with Crippen LogP contribution in [0.15, 0.2) is 48.8 Å². The van der Waals surface area contributed by atoms with E-state index in [1.54, 1.807) is 0 Å². The predicted octanol–water partition coefficient (Wildman–Crippen LogP) is 4.13. The molecular weight excluding hydrogens is 258 g/mol. The molecule has 0 radical (unpaired) electrons. The Hall–Kier alpha value is -2.55. The highest BCUT2D eigenvalue weighted by molar-refractivity contribution is 6.06. The minimum Gasteiger partial charge on any atom is -0.332 e. The minimum absolute atomic E-state index is 1.02. The number of aryl methyl sites for hydroxylation is 3. The van der Waals surface area contributed by atoms with Gasteiger partial charge in [-0.3, -0.25) is 4.57 Å². The summed E-state index contributed by atoms with van der Waals surface area (Å²) in [6, 6.07) is 14.9. The van der Waals surface area contributed by atoms with Crippen LogP contribution in [0.3, 0.4) is 0 Å². The van der Waals surface area contributed by atoms with Crippen LogP contribution < -0.4 is 0 Å². The van der Waals surface area contributed by atoms with Gasteiger partial charge in [0.25, 0.3) is 0 Å². The van der Waals surface area contributed by atoms with Crippen molar-refractivity contribution in [1.29, 1.82) is 0 Å². The van der Waals surface area contributed by atoms with Crippen LogP contribution in [0.25, 0.3) is 27.8 Å². The maximum Gasteiger partial charge on any atom is 0.164 e. The molecule has 0 amide bonds. The van der Waals surface area contributed by atoms with Crippen LogP contribution in [0, 0.1) is 13.8 Å². The van der Waals surface area contributed by atoms with Crippen molar-refractivity contribution in [1.82, 2.24) is 14.1 Å². The van der Waals surface area contributed by atoms with Gasteiger partial charge in [-0.1, -0.05) is 36.4 Å². The van der Waals surface area contributed by atoms with Gasteiger partial charge in [0, 0.05) is 12.4 Å². The topological polar surface area (TPSA) is 22.8 Å². The number of nitrogens with zero attached hydrogens (tertiary/aromatic N) is 3. The average Bonchev–Trinajstić information content (AvgIpc) is 2.99. The van der Waals surface area contributed by atoms with E-state index in [0.29, 0.717) is 0 Å². The Kier molecular flexibility index (Phi) is 2.45. The first-order valence-electron chi connectivity index (χ1n) is 7.15. The molecule has 0 saturated heterocycles. The van der Waals surface area contributed by atoms with Crippen LogP contribution in [-0.2, 0) is 7.05 Å². The number of benzene rings is 2. The predicted molar refractivity (Wildman–Crippen MR) is 87.0 cm³/mol. The van der Waals surface area contributed by atoms with Crippen LogP contribution in [0.2, 0.25) is 0 Å². The Labute approximate surface area is 123 Å². The van der Waals surface area contributed by atoms with E-state index in [-0.39, 0.29) is 0 Å². The number of rotatable bonds is 1. The lowest BCUT2D eigenvalue weighted by molar-refractivity contribution is 0.950. The summed E-state index contributed by atoms with van der Waals surface area (Å²) in [5.41, 5.74) is 7.20. The molecule has 0 aliphatic carbocycles. The first kappa shape index (κ1) is 12.2. The first-order valence-corrected chi connectivity index (χ1v) is 7.15. The van der Waals surface area contributed by atoms with E-state index in [9.17, 15) is 0 Å². The van der Waals surface area contributed by atoms with Crippen molar-refractivity contribution in [2.75, 3.05) is 0 Å². The van der Waals surface area contributed by atoms with E-state index >= 15 is 0 Å². The largest absolute Gasteiger partial charge is 0.332 e. The molecule has 3 heteroatoms. The zero-order valence-corrected chi connectivity index (χ0v) is 12.5. The molecular formula is C18H17N3. The number of hydrogen-bond acceptors (Lipinski definition) is 1. The van der Waals surface area contributed by atoms with Crippen LogP contribution >= 0.6 is 0 Å². The fraction of sp³-hybridized carbons (Fsp3) is 0.167. The van der Waals surface area contributed by atoms with Gasteiger partial charge in [0.15, 0.2) is 5.65 Å². The Bertz CT molecular complexity index is 953. The summed E-state index contributed by atoms with van der Waals surface area (Å²) >= 11 is 0. The lowest BCUT2D eigenvalue weighted by atomic mass is 10.1. The Morgan fingerprint density at radius 3 is 2.38 bits per heavy atom. The lowest BCUT2D eigenvalue weighted by Crippen LogP contribution is -2.00. The molecule has 0 bridgehead atoms. The molecule has 2 aromatic carbocycles. The zero-order valence-electron chi connectivity index (χ0n) is 12.5. The smallest absolute Gasteiger partial charge is 0.164 e. The van der Waals surface area contributed by atoms with Gasteiger partial charge in [0.2, 0.25) is 0 Å². The molecule has 0 atom stereocenters. The first-order chi connectivity index (χ1) is 10.2. The van der Waals surface area contributed by atoms with Crippen molar-refractivity contribution in [3.8, 4) is 5.69 Å². The van der Waals surface area contributed by atoms with Gasteiger partial charge in [-0.2, -0.15) is 0 Å². The highest BCUT2D eigenvalue weighted by atomic mass is 15.1. The van der Waals surface area contributed by atoms with Crippen molar-refractivity contribution in [2.45, 2.75) is 13.8 Å². The third-order valence-corrected chi connectivity index (χ3v) is 4.19. The number of imidazole rings is 1. The van der Waals surface area contributed by atoms with E-state index in [1.807, 2.05) is 6.33 Å². The molecule has 21 heavy (non-hydrogen) atoms. The molecule has 2 aromatic heterocycles. The van der Waals surface area contributed by atoms with Crippen molar-refractivity contribution in [2.24, 2.45) is 7.05 Å². The van der Waals surface area contributed by atoms with Crippen molar-refractivity contribution in [3.05, 3.63) is 59.9 Å². The standard InChI is InChI=1S/C18H17N3/c1-12-7-6-8-13(2)16(12)21-15-10-5-4-9-14(15)17-18(21)19-11-20(17)3/h4-11H,1-3H3. The molecule has 104 valence electrons. The highest BCUT2D eigenvalue weighted by Crippen LogP contribution is 2.33. The normalized spacial score (nSPS) is 11.6. The van der Waals surface area contributed by atoms with E-state index in [2.05, 4.69) is 77.5 Å². The van der Waals surface area contributed by atoms with E-state index in [1.165, 1.54) is 33.2 Å². The molecule has 0 aliphatic heterocycles. The second-order valence-electron chi connectivity index (χ2n) is 5.62. The molecule has 3 nitrogen and oxygen atoms in total. The average molecular weight is 275 g/mol.